The Kier molecular flexibility index (Phi) is 4.90. The van der Waals surface area contributed by atoms with Crippen LogP contribution in [0.2, 0.25) is 0 Å². The molecule has 0 aliphatic carbocycles. The number of hydrogen-bond acceptors (Lipinski definition) is 3. The molecule has 0 N–H and O–H groups in total. The van der Waals surface area contributed by atoms with Crippen molar-refractivity contribution in [1.82, 2.24) is 4.90 Å². The third-order valence-electron chi connectivity index (χ3n) is 3.43. The molecular weight excluding hydrogens is 230 g/mol. The molecule has 0 saturated carbocycles. The number of carbonyl (C=O) groups is 1. The van der Waals surface area contributed by atoms with Crippen LogP contribution < -0.4 is 0 Å². The Balaban J connectivity index is 2.52. The highest BCUT2D eigenvalue weighted by Crippen LogP contribution is 2.20. The standard InChI is InChI=1S/C14H23NOS/c1-11(9-13-7-6-8-17-13)15(5)10-14(3,4)12(2)16/h6-8,11H,9-10H2,1-5H3. The summed E-state index contributed by atoms with van der Waals surface area (Å²) in [6.07, 6.45) is 1.06. The summed E-state index contributed by atoms with van der Waals surface area (Å²) in [6, 6.07) is 4.73. The van der Waals surface area contributed by atoms with Crippen LogP contribution in [-0.2, 0) is 11.2 Å². The summed E-state index contributed by atoms with van der Waals surface area (Å²) in [4.78, 5) is 15.2. The molecule has 2 nitrogen and oxygen atoms in total. The number of rotatable bonds is 6. The maximum atomic E-state index is 11.5. The normalized spacial score (nSPS) is 14.0. The molecule has 96 valence electrons. The Morgan fingerprint density at radius 1 is 1.53 bits per heavy atom. The molecule has 1 unspecified atom stereocenters. The highest BCUT2D eigenvalue weighted by atomic mass is 32.1. The number of hydrogen-bond donors (Lipinski definition) is 0. The van der Waals surface area contributed by atoms with Gasteiger partial charge in [0.05, 0.1) is 0 Å². The third-order valence-corrected chi connectivity index (χ3v) is 4.33. The van der Waals surface area contributed by atoms with Crippen molar-refractivity contribution in [3.05, 3.63) is 22.4 Å². The summed E-state index contributed by atoms with van der Waals surface area (Å²) >= 11 is 1.80. The van der Waals surface area contributed by atoms with Crippen LogP contribution in [0.3, 0.4) is 0 Å². The van der Waals surface area contributed by atoms with E-state index in [0.29, 0.717) is 6.04 Å². The Morgan fingerprint density at radius 3 is 2.65 bits per heavy atom. The Hall–Kier alpha value is -0.670. The molecular formula is C14H23NOS. The van der Waals surface area contributed by atoms with E-state index in [1.165, 1.54) is 4.88 Å². The molecule has 0 bridgehead atoms. The Labute approximate surface area is 109 Å². The van der Waals surface area contributed by atoms with Crippen LogP contribution in [0.25, 0.3) is 0 Å². The fourth-order valence-electron chi connectivity index (χ4n) is 1.77. The molecule has 0 aliphatic heterocycles. The molecule has 1 heterocycles. The molecule has 17 heavy (non-hydrogen) atoms. The monoisotopic (exact) mass is 253 g/mol. The lowest BCUT2D eigenvalue weighted by Crippen LogP contribution is -2.41. The number of Topliss-reactive ketones (excluding diaryl/α,β-unsaturated/α-hetero) is 1. The highest BCUT2D eigenvalue weighted by Gasteiger charge is 2.27. The molecule has 0 fully saturated rings. The second-order valence-corrected chi connectivity index (χ2v) is 6.52. The van der Waals surface area contributed by atoms with Crippen molar-refractivity contribution < 1.29 is 4.79 Å². The van der Waals surface area contributed by atoms with Gasteiger partial charge in [0.25, 0.3) is 0 Å². The first-order valence-corrected chi connectivity index (χ1v) is 6.94. The van der Waals surface area contributed by atoms with Crippen molar-refractivity contribution in [2.24, 2.45) is 5.41 Å². The fraction of sp³-hybridized carbons (Fsp3) is 0.643. The first-order chi connectivity index (χ1) is 7.83. The van der Waals surface area contributed by atoms with Gasteiger partial charge >= 0.3 is 0 Å². The van der Waals surface area contributed by atoms with Gasteiger partial charge < -0.3 is 4.90 Å². The summed E-state index contributed by atoms with van der Waals surface area (Å²) < 4.78 is 0. The van der Waals surface area contributed by atoms with Gasteiger partial charge in [-0.2, -0.15) is 0 Å². The second kappa shape index (κ2) is 5.78. The van der Waals surface area contributed by atoms with Gasteiger partial charge in [0.2, 0.25) is 0 Å². The maximum Gasteiger partial charge on any atom is 0.136 e. The van der Waals surface area contributed by atoms with Crippen molar-refractivity contribution in [2.75, 3.05) is 13.6 Å². The SMILES string of the molecule is CC(=O)C(C)(C)CN(C)C(C)Cc1cccs1. The van der Waals surface area contributed by atoms with Gasteiger partial charge in [-0.05, 0) is 38.8 Å². The number of thiophene rings is 1. The highest BCUT2D eigenvalue weighted by molar-refractivity contribution is 7.09. The first kappa shape index (κ1) is 14.4. The number of carbonyl (C=O) groups excluding carboxylic acids is 1. The van der Waals surface area contributed by atoms with Crippen molar-refractivity contribution >= 4 is 17.1 Å². The van der Waals surface area contributed by atoms with Crippen LogP contribution in [0.5, 0.6) is 0 Å². The molecule has 0 amide bonds. The summed E-state index contributed by atoms with van der Waals surface area (Å²) in [5, 5.41) is 2.11. The van der Waals surface area contributed by atoms with E-state index in [1.54, 1.807) is 18.3 Å². The quantitative estimate of drug-likeness (QED) is 0.776. The van der Waals surface area contributed by atoms with Gasteiger partial charge in [-0.15, -0.1) is 11.3 Å². The van der Waals surface area contributed by atoms with E-state index in [1.807, 2.05) is 13.8 Å². The largest absolute Gasteiger partial charge is 0.302 e. The predicted octanol–water partition coefficient (Wildman–Crippen LogP) is 3.23. The zero-order chi connectivity index (χ0) is 13.1. The van der Waals surface area contributed by atoms with E-state index < -0.39 is 0 Å². The number of ketones is 1. The maximum absolute atomic E-state index is 11.5. The van der Waals surface area contributed by atoms with Crippen LogP contribution in [0.1, 0.15) is 32.6 Å². The molecule has 1 rings (SSSR count). The fourth-order valence-corrected chi connectivity index (χ4v) is 2.59. The lowest BCUT2D eigenvalue weighted by atomic mass is 9.88. The summed E-state index contributed by atoms with van der Waals surface area (Å²) in [6.45, 7) is 8.75. The van der Waals surface area contributed by atoms with Crippen molar-refractivity contribution in [3.63, 3.8) is 0 Å². The molecule has 0 saturated heterocycles. The van der Waals surface area contributed by atoms with E-state index in [9.17, 15) is 4.79 Å². The average molecular weight is 253 g/mol. The van der Waals surface area contributed by atoms with E-state index in [-0.39, 0.29) is 11.2 Å². The topological polar surface area (TPSA) is 20.3 Å². The van der Waals surface area contributed by atoms with Crippen LogP contribution in [0.15, 0.2) is 17.5 Å². The Morgan fingerprint density at radius 2 is 2.18 bits per heavy atom. The van der Waals surface area contributed by atoms with E-state index in [4.69, 9.17) is 0 Å². The molecule has 1 atom stereocenters. The van der Waals surface area contributed by atoms with E-state index in [0.717, 1.165) is 13.0 Å². The number of likely N-dealkylation sites (N-methyl/N-ethyl adjacent to an activating group) is 1. The minimum absolute atomic E-state index is 0.252. The molecule has 0 aromatic carbocycles. The van der Waals surface area contributed by atoms with Crippen molar-refractivity contribution in [2.45, 2.75) is 40.2 Å². The van der Waals surface area contributed by atoms with Crippen LogP contribution in [0, 0.1) is 5.41 Å². The average Bonchev–Trinajstić information content (AvgIpc) is 2.69. The van der Waals surface area contributed by atoms with E-state index in [2.05, 4.69) is 36.4 Å². The lowest BCUT2D eigenvalue weighted by Gasteiger charge is -2.32. The van der Waals surface area contributed by atoms with Crippen LogP contribution in [0.4, 0.5) is 0 Å². The second-order valence-electron chi connectivity index (χ2n) is 5.49. The molecule has 0 spiro atoms. The van der Waals surface area contributed by atoms with Gasteiger partial charge in [0.15, 0.2) is 0 Å². The van der Waals surface area contributed by atoms with Crippen LogP contribution in [-0.4, -0.2) is 30.3 Å². The van der Waals surface area contributed by atoms with E-state index >= 15 is 0 Å². The molecule has 0 radical (unpaired) electrons. The summed E-state index contributed by atoms with van der Waals surface area (Å²) in [7, 11) is 2.10. The van der Waals surface area contributed by atoms with Gasteiger partial charge in [0, 0.05) is 22.9 Å². The summed E-state index contributed by atoms with van der Waals surface area (Å²) in [5.74, 6) is 0.257. The van der Waals surface area contributed by atoms with Gasteiger partial charge in [0.1, 0.15) is 5.78 Å². The van der Waals surface area contributed by atoms with Crippen molar-refractivity contribution in [3.8, 4) is 0 Å². The minimum Gasteiger partial charge on any atom is -0.302 e. The smallest absolute Gasteiger partial charge is 0.136 e. The first-order valence-electron chi connectivity index (χ1n) is 6.06. The van der Waals surface area contributed by atoms with Crippen molar-refractivity contribution in [1.29, 1.82) is 0 Å². The molecule has 3 heteroatoms. The molecule has 1 aromatic heterocycles. The lowest BCUT2D eigenvalue weighted by molar-refractivity contribution is -0.125. The van der Waals surface area contributed by atoms with Gasteiger partial charge in [-0.25, -0.2) is 0 Å². The minimum atomic E-state index is -0.252. The van der Waals surface area contributed by atoms with Gasteiger partial charge in [-0.3, -0.25) is 4.79 Å². The zero-order valence-electron chi connectivity index (χ0n) is 11.5. The van der Waals surface area contributed by atoms with Gasteiger partial charge in [-0.1, -0.05) is 19.9 Å². The van der Waals surface area contributed by atoms with Crippen LogP contribution >= 0.6 is 11.3 Å². The predicted molar refractivity (Wildman–Crippen MR) is 74.6 cm³/mol. The molecule has 0 aliphatic rings. The molecule has 1 aromatic rings. The zero-order valence-corrected chi connectivity index (χ0v) is 12.3. The number of nitrogens with zero attached hydrogens (tertiary/aromatic N) is 1. The third kappa shape index (κ3) is 4.25. The Bertz CT molecular complexity index is 356. The summed E-state index contributed by atoms with van der Waals surface area (Å²) in [5.41, 5.74) is -0.252.